The molecular formula is C15H26N4O3S. The molecule has 0 aliphatic carbocycles. The number of nitrogens with zero attached hydrogens (tertiary/aromatic N) is 3. The number of amides is 1. The zero-order valence-corrected chi connectivity index (χ0v) is 15.1. The van der Waals surface area contributed by atoms with E-state index in [9.17, 15) is 13.2 Å². The maximum atomic E-state index is 12.3. The van der Waals surface area contributed by atoms with Gasteiger partial charge in [0, 0.05) is 25.3 Å². The van der Waals surface area contributed by atoms with Gasteiger partial charge in [0.15, 0.2) is 0 Å². The Hall–Kier alpha value is -1.41. The minimum atomic E-state index is -3.33. The van der Waals surface area contributed by atoms with Gasteiger partial charge in [-0.25, -0.2) is 8.42 Å². The van der Waals surface area contributed by atoms with Crippen molar-refractivity contribution < 1.29 is 13.2 Å². The van der Waals surface area contributed by atoms with Gasteiger partial charge >= 0.3 is 0 Å². The number of sulfonamides is 1. The maximum Gasteiger partial charge on any atom is 0.238 e. The molecule has 0 spiro atoms. The average molecular weight is 342 g/mol. The van der Waals surface area contributed by atoms with Gasteiger partial charge in [0.05, 0.1) is 11.9 Å². The van der Waals surface area contributed by atoms with Gasteiger partial charge in [-0.15, -0.1) is 0 Å². The Bertz CT molecular complexity index is 668. The molecule has 0 bridgehead atoms. The lowest BCUT2D eigenvalue weighted by Crippen LogP contribution is -2.46. The second-order valence-corrected chi connectivity index (χ2v) is 8.43. The van der Waals surface area contributed by atoms with E-state index in [-0.39, 0.29) is 11.8 Å². The molecule has 1 aliphatic rings. The van der Waals surface area contributed by atoms with E-state index < -0.39 is 16.1 Å². The number of rotatable bonds is 6. The number of nitrogens with one attached hydrogen (secondary N) is 1. The van der Waals surface area contributed by atoms with E-state index >= 15 is 0 Å². The normalized spacial score (nSPS) is 20.6. The molecule has 1 fully saturated rings. The fourth-order valence-corrected chi connectivity index (χ4v) is 4.14. The van der Waals surface area contributed by atoms with Gasteiger partial charge in [0.2, 0.25) is 15.9 Å². The molecule has 23 heavy (non-hydrogen) atoms. The van der Waals surface area contributed by atoms with Crippen LogP contribution in [0.25, 0.3) is 0 Å². The minimum Gasteiger partial charge on any atom is -0.354 e. The maximum absolute atomic E-state index is 12.3. The molecular weight excluding hydrogens is 316 g/mol. The van der Waals surface area contributed by atoms with Crippen molar-refractivity contribution in [2.45, 2.75) is 46.2 Å². The number of aromatic nitrogens is 2. The topological polar surface area (TPSA) is 84.3 Å². The fraction of sp³-hybridized carbons (Fsp3) is 0.733. The number of hydrogen-bond donors (Lipinski definition) is 1. The molecule has 2 atom stereocenters. The van der Waals surface area contributed by atoms with Crippen LogP contribution in [0.3, 0.4) is 0 Å². The monoisotopic (exact) mass is 342 g/mol. The lowest BCUT2D eigenvalue weighted by Gasteiger charge is -2.22. The van der Waals surface area contributed by atoms with Gasteiger partial charge in [-0.1, -0.05) is 6.92 Å². The van der Waals surface area contributed by atoms with Crippen molar-refractivity contribution in [2.75, 3.05) is 19.3 Å². The van der Waals surface area contributed by atoms with E-state index in [1.54, 1.807) is 0 Å². The minimum absolute atomic E-state index is 0.201. The quantitative estimate of drug-likeness (QED) is 0.824. The molecule has 1 saturated heterocycles. The molecule has 1 aliphatic heterocycles. The zero-order chi connectivity index (χ0) is 17.2. The molecule has 2 heterocycles. The molecule has 8 heteroatoms. The summed E-state index contributed by atoms with van der Waals surface area (Å²) in [6.07, 6.45) is 2.47. The highest BCUT2D eigenvalue weighted by Gasteiger charge is 2.36. The van der Waals surface area contributed by atoms with Crippen molar-refractivity contribution in [2.24, 2.45) is 5.92 Å². The summed E-state index contributed by atoms with van der Waals surface area (Å²) >= 11 is 0. The predicted molar refractivity (Wildman–Crippen MR) is 88.4 cm³/mol. The molecule has 0 radical (unpaired) electrons. The van der Waals surface area contributed by atoms with Crippen LogP contribution in [-0.2, 0) is 21.4 Å². The second-order valence-electron chi connectivity index (χ2n) is 6.49. The van der Waals surface area contributed by atoms with Crippen molar-refractivity contribution in [3.63, 3.8) is 0 Å². The van der Waals surface area contributed by atoms with Crippen LogP contribution in [0.1, 0.15) is 31.2 Å². The molecule has 2 rings (SSSR count). The summed E-state index contributed by atoms with van der Waals surface area (Å²) in [6.45, 7) is 7.66. The fourth-order valence-electron chi connectivity index (χ4n) is 3.01. The zero-order valence-electron chi connectivity index (χ0n) is 14.2. The molecule has 130 valence electrons. The van der Waals surface area contributed by atoms with Gasteiger partial charge in [0.25, 0.3) is 0 Å². The number of carbonyl (C=O) groups is 1. The van der Waals surface area contributed by atoms with Gasteiger partial charge in [-0.2, -0.15) is 9.40 Å². The van der Waals surface area contributed by atoms with E-state index in [1.165, 1.54) is 4.31 Å². The Morgan fingerprint density at radius 3 is 2.74 bits per heavy atom. The first-order valence-corrected chi connectivity index (χ1v) is 9.79. The van der Waals surface area contributed by atoms with E-state index in [1.807, 2.05) is 31.5 Å². The average Bonchev–Trinajstić information content (AvgIpc) is 3.03. The smallest absolute Gasteiger partial charge is 0.238 e. The lowest BCUT2D eigenvalue weighted by atomic mass is 10.1. The van der Waals surface area contributed by atoms with Crippen LogP contribution < -0.4 is 5.32 Å². The predicted octanol–water partition coefficient (Wildman–Crippen LogP) is 0.676. The lowest BCUT2D eigenvalue weighted by molar-refractivity contribution is -0.124. The Kier molecular flexibility index (Phi) is 5.46. The summed E-state index contributed by atoms with van der Waals surface area (Å²) in [7, 11) is -3.33. The van der Waals surface area contributed by atoms with Gasteiger partial charge in [0.1, 0.15) is 6.04 Å². The summed E-state index contributed by atoms with van der Waals surface area (Å²) in [5.74, 6) is 0.0122. The Balaban J connectivity index is 1.87. The van der Waals surface area contributed by atoms with E-state index in [2.05, 4.69) is 10.4 Å². The second kappa shape index (κ2) is 7.00. The molecule has 1 amide bonds. The number of aryl methyl sites for hydroxylation is 2. The van der Waals surface area contributed by atoms with Crippen LogP contribution in [0.2, 0.25) is 0 Å². The molecule has 0 saturated carbocycles. The molecule has 1 N–H and O–H groups in total. The molecule has 1 aromatic rings. The first-order chi connectivity index (χ1) is 10.7. The largest absolute Gasteiger partial charge is 0.354 e. The first kappa shape index (κ1) is 17.9. The Morgan fingerprint density at radius 1 is 1.48 bits per heavy atom. The highest BCUT2D eigenvalue weighted by molar-refractivity contribution is 7.88. The van der Waals surface area contributed by atoms with Crippen molar-refractivity contribution in [3.05, 3.63) is 17.5 Å². The Morgan fingerprint density at radius 2 is 2.17 bits per heavy atom. The summed E-state index contributed by atoms with van der Waals surface area (Å²) in [5, 5.41) is 7.30. The highest BCUT2D eigenvalue weighted by atomic mass is 32.2. The SMILES string of the molecule is Cc1cc(C)n(C[C@H](C)CNC(=O)[C@@H]2CCCN2S(C)(=O)=O)n1. The van der Waals surface area contributed by atoms with Crippen LogP contribution in [0.15, 0.2) is 6.07 Å². The first-order valence-electron chi connectivity index (χ1n) is 7.94. The summed E-state index contributed by atoms with van der Waals surface area (Å²) < 4.78 is 26.6. The third-order valence-electron chi connectivity index (χ3n) is 4.15. The van der Waals surface area contributed by atoms with Crippen LogP contribution in [0, 0.1) is 19.8 Å². The van der Waals surface area contributed by atoms with Crippen molar-refractivity contribution in [3.8, 4) is 0 Å². The van der Waals surface area contributed by atoms with E-state index in [0.717, 1.165) is 30.6 Å². The molecule has 7 nitrogen and oxygen atoms in total. The Labute approximate surface area is 138 Å². The summed E-state index contributed by atoms with van der Waals surface area (Å²) in [5.41, 5.74) is 2.08. The van der Waals surface area contributed by atoms with Crippen LogP contribution in [0.5, 0.6) is 0 Å². The standard InChI is InChI=1S/C15H26N4O3S/c1-11(10-18-13(3)8-12(2)17-18)9-16-15(20)14-6-5-7-19(14)23(4,21)22/h8,11,14H,5-7,9-10H2,1-4H3,(H,16,20)/t11-,14+/m1/s1. The van der Waals surface area contributed by atoms with Crippen LogP contribution in [0.4, 0.5) is 0 Å². The molecule has 0 unspecified atom stereocenters. The van der Waals surface area contributed by atoms with Crippen molar-refractivity contribution in [1.29, 1.82) is 0 Å². The van der Waals surface area contributed by atoms with Crippen molar-refractivity contribution >= 4 is 15.9 Å². The summed E-state index contributed by atoms with van der Waals surface area (Å²) in [6, 6.07) is 1.46. The van der Waals surface area contributed by atoms with Gasteiger partial charge in [-0.3, -0.25) is 9.48 Å². The molecule has 0 aromatic carbocycles. The number of hydrogen-bond acceptors (Lipinski definition) is 4. The summed E-state index contributed by atoms with van der Waals surface area (Å²) in [4.78, 5) is 12.3. The van der Waals surface area contributed by atoms with Crippen molar-refractivity contribution in [1.82, 2.24) is 19.4 Å². The van der Waals surface area contributed by atoms with E-state index in [0.29, 0.717) is 19.5 Å². The number of carbonyl (C=O) groups excluding carboxylic acids is 1. The van der Waals surface area contributed by atoms with E-state index in [4.69, 9.17) is 0 Å². The molecule has 1 aromatic heterocycles. The third-order valence-corrected chi connectivity index (χ3v) is 5.43. The highest BCUT2D eigenvalue weighted by Crippen LogP contribution is 2.20. The third kappa shape index (κ3) is 4.54. The van der Waals surface area contributed by atoms with Gasteiger partial charge in [-0.05, 0) is 38.7 Å². The van der Waals surface area contributed by atoms with Crippen LogP contribution in [-0.4, -0.2) is 53.8 Å². The van der Waals surface area contributed by atoms with Gasteiger partial charge < -0.3 is 5.32 Å². The van der Waals surface area contributed by atoms with Crippen LogP contribution >= 0.6 is 0 Å².